The molecule has 1 heterocycles. The van der Waals surface area contributed by atoms with Gasteiger partial charge in [0.15, 0.2) is 0 Å². The van der Waals surface area contributed by atoms with Crippen molar-refractivity contribution in [3.05, 3.63) is 29.8 Å². The lowest BCUT2D eigenvalue weighted by Gasteiger charge is -2.36. The maximum absolute atomic E-state index is 12.4. The minimum absolute atomic E-state index is 0.242. The fourth-order valence-electron chi connectivity index (χ4n) is 2.83. The molecule has 0 bridgehead atoms. The van der Waals surface area contributed by atoms with Crippen LogP contribution in [-0.2, 0) is 0 Å². The van der Waals surface area contributed by atoms with E-state index in [2.05, 4.69) is 28.8 Å². The van der Waals surface area contributed by atoms with E-state index in [-0.39, 0.29) is 11.8 Å². The number of ether oxygens (including phenoxy) is 1. The largest absolute Gasteiger partial charge is 0.435 e. The van der Waals surface area contributed by atoms with E-state index in [0.717, 1.165) is 38.2 Å². The first-order valence-corrected chi connectivity index (χ1v) is 7.56. The van der Waals surface area contributed by atoms with Crippen LogP contribution in [0.5, 0.6) is 5.75 Å². The van der Waals surface area contributed by atoms with E-state index in [1.165, 1.54) is 0 Å². The van der Waals surface area contributed by atoms with Crippen molar-refractivity contribution in [1.29, 1.82) is 0 Å². The Morgan fingerprint density at radius 2 is 1.95 bits per heavy atom. The fourth-order valence-corrected chi connectivity index (χ4v) is 2.83. The third-order valence-electron chi connectivity index (χ3n) is 3.76. The predicted octanol–water partition coefficient (Wildman–Crippen LogP) is 3.28. The number of benzene rings is 1. The average molecular weight is 298 g/mol. The standard InChI is InChI=1S/C16H24F2N2O/c1-12(2)10-15(20-8-6-19-7-9-20)13-4-3-5-14(11-13)21-16(17)18/h3-5,11-12,15-16,19H,6-10H2,1-2H3/t15-/m0/s1. The molecule has 3 nitrogen and oxygen atoms in total. The van der Waals surface area contributed by atoms with Gasteiger partial charge >= 0.3 is 6.61 Å². The van der Waals surface area contributed by atoms with Crippen molar-refractivity contribution in [3.63, 3.8) is 0 Å². The highest BCUT2D eigenvalue weighted by molar-refractivity contribution is 5.31. The highest BCUT2D eigenvalue weighted by Gasteiger charge is 2.23. The summed E-state index contributed by atoms with van der Waals surface area (Å²) in [7, 11) is 0. The van der Waals surface area contributed by atoms with Crippen molar-refractivity contribution in [1.82, 2.24) is 10.2 Å². The zero-order valence-corrected chi connectivity index (χ0v) is 12.7. The number of alkyl halides is 2. The van der Waals surface area contributed by atoms with E-state index in [0.29, 0.717) is 5.92 Å². The number of halogens is 2. The summed E-state index contributed by atoms with van der Waals surface area (Å²) in [6.45, 7) is 5.52. The second-order valence-electron chi connectivity index (χ2n) is 5.88. The molecule has 118 valence electrons. The first-order valence-electron chi connectivity index (χ1n) is 7.56. The molecule has 0 unspecified atom stereocenters. The molecule has 0 spiro atoms. The Morgan fingerprint density at radius 1 is 1.24 bits per heavy atom. The Labute approximate surface area is 125 Å². The molecule has 1 saturated heterocycles. The van der Waals surface area contributed by atoms with Gasteiger partial charge in [-0.1, -0.05) is 26.0 Å². The summed E-state index contributed by atoms with van der Waals surface area (Å²) in [6.07, 6.45) is 1.01. The Bertz CT molecular complexity index is 434. The van der Waals surface area contributed by atoms with Crippen molar-refractivity contribution in [2.24, 2.45) is 5.92 Å². The lowest BCUT2D eigenvalue weighted by Crippen LogP contribution is -2.45. The second-order valence-corrected chi connectivity index (χ2v) is 5.88. The summed E-state index contributed by atoms with van der Waals surface area (Å²) in [4.78, 5) is 2.43. The summed E-state index contributed by atoms with van der Waals surface area (Å²) in [5.74, 6) is 0.788. The van der Waals surface area contributed by atoms with Crippen LogP contribution in [0.25, 0.3) is 0 Å². The SMILES string of the molecule is CC(C)C[C@@H](c1cccc(OC(F)F)c1)N1CCNCC1. The quantitative estimate of drug-likeness (QED) is 0.872. The van der Waals surface area contributed by atoms with E-state index < -0.39 is 6.61 Å². The molecule has 1 aromatic rings. The molecule has 0 radical (unpaired) electrons. The molecular formula is C16H24F2N2O. The summed E-state index contributed by atoms with van der Waals surface area (Å²) in [5, 5.41) is 3.35. The highest BCUT2D eigenvalue weighted by Crippen LogP contribution is 2.30. The molecule has 21 heavy (non-hydrogen) atoms. The molecule has 0 saturated carbocycles. The van der Waals surface area contributed by atoms with E-state index in [1.807, 2.05) is 6.07 Å². The van der Waals surface area contributed by atoms with Gasteiger partial charge in [-0.15, -0.1) is 0 Å². The van der Waals surface area contributed by atoms with Gasteiger partial charge in [0.2, 0.25) is 0 Å². The van der Waals surface area contributed by atoms with Crippen LogP contribution >= 0.6 is 0 Å². The monoisotopic (exact) mass is 298 g/mol. The van der Waals surface area contributed by atoms with Crippen LogP contribution in [0.3, 0.4) is 0 Å². The number of nitrogens with zero attached hydrogens (tertiary/aromatic N) is 1. The molecule has 1 aromatic carbocycles. The van der Waals surface area contributed by atoms with Gasteiger partial charge in [-0.3, -0.25) is 4.90 Å². The minimum atomic E-state index is -2.78. The molecule has 5 heteroatoms. The van der Waals surface area contributed by atoms with Crippen LogP contribution in [0, 0.1) is 5.92 Å². The molecule has 0 amide bonds. The molecular weight excluding hydrogens is 274 g/mol. The summed E-state index contributed by atoms with van der Waals surface area (Å²) in [6, 6.07) is 7.39. The van der Waals surface area contributed by atoms with Gasteiger partial charge < -0.3 is 10.1 Å². The Kier molecular flexibility index (Phi) is 5.94. The van der Waals surface area contributed by atoms with E-state index in [1.54, 1.807) is 18.2 Å². The van der Waals surface area contributed by atoms with Gasteiger partial charge in [0.05, 0.1) is 0 Å². The van der Waals surface area contributed by atoms with Crippen LogP contribution in [0.1, 0.15) is 31.9 Å². The van der Waals surface area contributed by atoms with Gasteiger partial charge in [0.25, 0.3) is 0 Å². The lowest BCUT2D eigenvalue weighted by atomic mass is 9.95. The normalized spacial score (nSPS) is 18.2. The number of hydrogen-bond acceptors (Lipinski definition) is 3. The topological polar surface area (TPSA) is 24.5 Å². The summed E-state index contributed by atoms with van der Waals surface area (Å²) in [5.41, 5.74) is 1.06. The first kappa shape index (κ1) is 16.2. The zero-order valence-electron chi connectivity index (χ0n) is 12.7. The number of nitrogens with one attached hydrogen (secondary N) is 1. The van der Waals surface area contributed by atoms with Crippen molar-refractivity contribution < 1.29 is 13.5 Å². The molecule has 0 aromatic heterocycles. The molecule has 2 rings (SSSR count). The van der Waals surface area contributed by atoms with Gasteiger partial charge in [-0.05, 0) is 30.0 Å². The predicted molar refractivity (Wildman–Crippen MR) is 79.7 cm³/mol. The third kappa shape index (κ3) is 4.93. The maximum atomic E-state index is 12.4. The molecule has 1 aliphatic heterocycles. The Morgan fingerprint density at radius 3 is 2.57 bits per heavy atom. The molecule has 0 aliphatic carbocycles. The number of hydrogen-bond donors (Lipinski definition) is 1. The minimum Gasteiger partial charge on any atom is -0.435 e. The average Bonchev–Trinajstić information content (AvgIpc) is 2.45. The van der Waals surface area contributed by atoms with Gasteiger partial charge in [0.1, 0.15) is 5.75 Å². The zero-order chi connectivity index (χ0) is 15.2. The van der Waals surface area contributed by atoms with Crippen molar-refractivity contribution in [2.75, 3.05) is 26.2 Å². The van der Waals surface area contributed by atoms with E-state index >= 15 is 0 Å². The van der Waals surface area contributed by atoms with E-state index in [9.17, 15) is 8.78 Å². The lowest BCUT2D eigenvalue weighted by molar-refractivity contribution is -0.0499. The Hall–Kier alpha value is -1.20. The van der Waals surface area contributed by atoms with Crippen molar-refractivity contribution in [3.8, 4) is 5.75 Å². The number of piperazine rings is 1. The van der Waals surface area contributed by atoms with E-state index in [4.69, 9.17) is 0 Å². The fraction of sp³-hybridized carbons (Fsp3) is 0.625. The molecule has 1 fully saturated rings. The van der Waals surface area contributed by atoms with Crippen molar-refractivity contribution in [2.45, 2.75) is 32.9 Å². The molecule has 1 aliphatic rings. The third-order valence-corrected chi connectivity index (χ3v) is 3.76. The van der Waals surface area contributed by atoms with Crippen molar-refractivity contribution >= 4 is 0 Å². The Balaban J connectivity index is 2.18. The molecule has 1 atom stereocenters. The van der Waals surface area contributed by atoms with Crippen LogP contribution < -0.4 is 10.1 Å². The molecule has 1 N–H and O–H groups in total. The van der Waals surface area contributed by atoms with Crippen LogP contribution in [-0.4, -0.2) is 37.7 Å². The number of rotatable bonds is 6. The highest BCUT2D eigenvalue weighted by atomic mass is 19.3. The van der Waals surface area contributed by atoms with Crippen LogP contribution in [0.15, 0.2) is 24.3 Å². The summed E-state index contributed by atoms with van der Waals surface area (Å²) >= 11 is 0. The maximum Gasteiger partial charge on any atom is 0.387 e. The van der Waals surface area contributed by atoms with Gasteiger partial charge in [-0.25, -0.2) is 0 Å². The summed E-state index contributed by atoms with van der Waals surface area (Å²) < 4.78 is 29.3. The van der Waals surface area contributed by atoms with Gasteiger partial charge in [0, 0.05) is 32.2 Å². The van der Waals surface area contributed by atoms with Crippen LogP contribution in [0.4, 0.5) is 8.78 Å². The smallest absolute Gasteiger partial charge is 0.387 e. The van der Waals surface area contributed by atoms with Gasteiger partial charge in [-0.2, -0.15) is 8.78 Å². The first-order chi connectivity index (χ1) is 10.1. The van der Waals surface area contributed by atoms with Crippen LogP contribution in [0.2, 0.25) is 0 Å². The second kappa shape index (κ2) is 7.71.